The van der Waals surface area contributed by atoms with Crippen LogP contribution in [0.25, 0.3) is 0 Å². The van der Waals surface area contributed by atoms with Gasteiger partial charge in [-0.05, 0) is 6.42 Å². The molecule has 0 spiro atoms. The number of rotatable bonds is 12. The van der Waals surface area contributed by atoms with Crippen molar-refractivity contribution in [2.45, 2.75) is 31.3 Å². The second-order valence-corrected chi connectivity index (χ2v) is 8.37. The number of hydrogen-bond donors (Lipinski definition) is 1. The zero-order chi connectivity index (χ0) is 21.5. The van der Waals surface area contributed by atoms with Gasteiger partial charge in [-0.25, -0.2) is 13.1 Å². The Bertz CT molecular complexity index is 563. The quantitative estimate of drug-likeness (QED) is 0.267. The molecule has 0 aliphatic rings. The molecule has 0 radical (unpaired) electrons. The number of nitrogens with one attached hydrogen (secondary N) is 1. The van der Waals surface area contributed by atoms with Crippen LogP contribution in [0, 0.1) is 0 Å². The van der Waals surface area contributed by atoms with Crippen LogP contribution >= 0.6 is 0 Å². The van der Waals surface area contributed by atoms with Crippen molar-refractivity contribution in [1.29, 1.82) is 0 Å². The molecule has 0 atom stereocenters. The Morgan fingerprint density at radius 1 is 1.11 bits per heavy atom. The van der Waals surface area contributed by atoms with E-state index in [1.807, 2.05) is 0 Å². The molecule has 0 aliphatic carbocycles. The number of likely N-dealkylation sites (N-methyl/N-ethyl adjacent to an activating group) is 1. The monoisotopic (exact) mass is 432 g/mol. The Balaban J connectivity index is 4.26. The van der Waals surface area contributed by atoms with Gasteiger partial charge in [-0.3, -0.25) is 0 Å². The second-order valence-electron chi connectivity index (χ2n) is 6.44. The average molecular weight is 432 g/mol. The molecule has 0 aromatic heterocycles. The van der Waals surface area contributed by atoms with Crippen LogP contribution in [0.15, 0.2) is 0 Å². The SMILES string of the molecule is C[N+](C)(CCCNS(=O)(=O)CCCOC(C(F)(F)F)C(F)(F)F)CC(=O)[O-]. The van der Waals surface area contributed by atoms with Gasteiger partial charge in [-0.15, -0.1) is 0 Å². The van der Waals surface area contributed by atoms with Crippen LogP contribution in [0.2, 0.25) is 0 Å². The smallest absolute Gasteiger partial charge is 0.423 e. The van der Waals surface area contributed by atoms with Gasteiger partial charge in [0.05, 0.1) is 32.4 Å². The summed E-state index contributed by atoms with van der Waals surface area (Å²) in [5, 5.41) is 10.5. The summed E-state index contributed by atoms with van der Waals surface area (Å²) in [7, 11) is -0.726. The van der Waals surface area contributed by atoms with E-state index >= 15 is 0 Å². The summed E-state index contributed by atoms with van der Waals surface area (Å²) >= 11 is 0. The fourth-order valence-corrected chi connectivity index (χ4v) is 3.16. The minimum atomic E-state index is -5.65. The van der Waals surface area contributed by atoms with Crippen LogP contribution in [0.3, 0.4) is 0 Å². The van der Waals surface area contributed by atoms with Gasteiger partial charge in [-0.1, -0.05) is 0 Å². The highest BCUT2D eigenvalue weighted by atomic mass is 32.2. The number of ether oxygens (including phenoxy) is 1. The number of quaternary nitrogens is 1. The molecular weight excluding hydrogens is 410 g/mol. The van der Waals surface area contributed by atoms with Crippen molar-refractivity contribution < 1.29 is 53.9 Å². The molecule has 1 N–H and O–H groups in total. The first-order valence-corrected chi connectivity index (χ1v) is 9.36. The summed E-state index contributed by atoms with van der Waals surface area (Å²) in [6.07, 6.45) is -15.6. The highest BCUT2D eigenvalue weighted by Crippen LogP contribution is 2.35. The predicted octanol–water partition coefficient (Wildman–Crippen LogP) is 0.0221. The molecule has 0 heterocycles. The van der Waals surface area contributed by atoms with E-state index in [1.165, 1.54) is 0 Å². The molecule has 27 heavy (non-hydrogen) atoms. The van der Waals surface area contributed by atoms with E-state index in [0.29, 0.717) is 6.54 Å². The van der Waals surface area contributed by atoms with E-state index in [0.717, 1.165) is 0 Å². The molecule has 0 saturated heterocycles. The van der Waals surface area contributed by atoms with Crippen LogP contribution in [-0.2, 0) is 19.6 Å². The second kappa shape index (κ2) is 9.89. The maximum atomic E-state index is 12.2. The number of alkyl halides is 6. The fraction of sp³-hybridized carbons (Fsp3) is 0.923. The zero-order valence-corrected chi connectivity index (χ0v) is 15.5. The summed E-state index contributed by atoms with van der Waals surface area (Å²) < 4.78 is 103. The molecule has 0 unspecified atom stereocenters. The number of carbonyl (C=O) groups excluding carboxylic acids is 1. The van der Waals surface area contributed by atoms with Crippen LogP contribution in [-0.4, -0.2) is 83.4 Å². The molecular formula is C13H22F6N2O5S. The van der Waals surface area contributed by atoms with E-state index in [1.54, 1.807) is 14.1 Å². The van der Waals surface area contributed by atoms with Crippen molar-refractivity contribution in [3.8, 4) is 0 Å². The van der Waals surface area contributed by atoms with Crippen LogP contribution in [0.4, 0.5) is 26.3 Å². The highest BCUT2D eigenvalue weighted by Gasteiger charge is 2.57. The molecule has 0 saturated carbocycles. The molecule has 0 bridgehead atoms. The summed E-state index contributed by atoms with van der Waals surface area (Å²) in [6.45, 7) is -1.08. The number of aliphatic carboxylic acids is 1. The topological polar surface area (TPSA) is 95.5 Å². The Kier molecular flexibility index (Phi) is 9.48. The van der Waals surface area contributed by atoms with Crippen molar-refractivity contribution in [2.24, 2.45) is 0 Å². The molecule has 0 amide bonds. The van der Waals surface area contributed by atoms with Crippen molar-refractivity contribution in [3.05, 3.63) is 0 Å². The Morgan fingerprint density at radius 3 is 2.07 bits per heavy atom. The fourth-order valence-electron chi connectivity index (χ4n) is 2.06. The highest BCUT2D eigenvalue weighted by molar-refractivity contribution is 7.89. The average Bonchev–Trinajstić information content (AvgIpc) is 2.39. The number of nitrogens with zero attached hydrogens (tertiary/aromatic N) is 1. The van der Waals surface area contributed by atoms with Gasteiger partial charge >= 0.3 is 12.4 Å². The van der Waals surface area contributed by atoms with E-state index in [-0.39, 0.29) is 24.0 Å². The van der Waals surface area contributed by atoms with Gasteiger partial charge in [0.15, 0.2) is 0 Å². The van der Waals surface area contributed by atoms with Crippen LogP contribution < -0.4 is 9.83 Å². The minimum absolute atomic E-state index is 0.0498. The lowest BCUT2D eigenvalue weighted by Crippen LogP contribution is -2.49. The van der Waals surface area contributed by atoms with Gasteiger partial charge in [0.1, 0.15) is 6.54 Å². The normalized spacial score (nSPS) is 14.0. The van der Waals surface area contributed by atoms with Gasteiger partial charge in [-0.2, -0.15) is 26.3 Å². The third kappa shape index (κ3) is 12.0. The Hall–Kier alpha value is -1.12. The summed E-state index contributed by atoms with van der Waals surface area (Å²) in [4.78, 5) is 10.5. The third-order valence-electron chi connectivity index (χ3n) is 3.26. The van der Waals surface area contributed by atoms with E-state index in [2.05, 4.69) is 9.46 Å². The van der Waals surface area contributed by atoms with Gasteiger partial charge in [0, 0.05) is 19.6 Å². The minimum Gasteiger partial charge on any atom is -0.544 e. The van der Waals surface area contributed by atoms with Crippen molar-refractivity contribution in [2.75, 3.05) is 46.1 Å². The van der Waals surface area contributed by atoms with Crippen molar-refractivity contribution >= 4 is 16.0 Å². The molecule has 7 nitrogen and oxygen atoms in total. The number of carboxylic acids is 1. The van der Waals surface area contributed by atoms with Crippen molar-refractivity contribution in [1.82, 2.24) is 4.72 Å². The van der Waals surface area contributed by atoms with E-state index < -0.39 is 53.2 Å². The van der Waals surface area contributed by atoms with Gasteiger partial charge < -0.3 is 19.1 Å². The molecule has 162 valence electrons. The lowest BCUT2D eigenvalue weighted by atomic mass is 10.3. The maximum Gasteiger partial charge on any atom is 0.423 e. The molecule has 0 rings (SSSR count). The predicted molar refractivity (Wildman–Crippen MR) is 79.7 cm³/mol. The Morgan fingerprint density at radius 2 is 1.63 bits per heavy atom. The van der Waals surface area contributed by atoms with Crippen molar-refractivity contribution in [3.63, 3.8) is 0 Å². The maximum absolute atomic E-state index is 12.2. The van der Waals surface area contributed by atoms with Crippen LogP contribution in [0.5, 0.6) is 0 Å². The molecule has 0 aliphatic heterocycles. The third-order valence-corrected chi connectivity index (χ3v) is 4.73. The standard InChI is InChI=1S/C13H22F6N2O5S/c1-21(2,9-10(22)23)6-3-5-20-27(24,25)8-4-7-26-11(12(14,15)16)13(17,18)19/h11,20H,3-9H2,1-2H3. The lowest BCUT2D eigenvalue weighted by molar-refractivity contribution is -0.884. The number of carbonyl (C=O) groups is 1. The number of hydrogen-bond acceptors (Lipinski definition) is 5. The summed E-state index contributed by atoms with van der Waals surface area (Å²) in [6, 6.07) is 0. The first-order chi connectivity index (χ1) is 12.0. The molecule has 0 fully saturated rings. The summed E-state index contributed by atoms with van der Waals surface area (Å²) in [5.74, 6) is -1.98. The van der Waals surface area contributed by atoms with E-state index in [4.69, 9.17) is 0 Å². The first-order valence-electron chi connectivity index (χ1n) is 7.70. The van der Waals surface area contributed by atoms with Gasteiger partial charge in [0.2, 0.25) is 16.1 Å². The largest absolute Gasteiger partial charge is 0.544 e. The number of sulfonamides is 1. The zero-order valence-electron chi connectivity index (χ0n) is 14.7. The summed E-state index contributed by atoms with van der Waals surface area (Å²) in [5.41, 5.74) is 0. The first kappa shape index (κ1) is 25.9. The molecule has 0 aromatic rings. The lowest BCUT2D eigenvalue weighted by Gasteiger charge is -2.30. The number of carboxylic acid groups (broad SMARTS) is 1. The number of halogens is 6. The van der Waals surface area contributed by atoms with Crippen LogP contribution in [0.1, 0.15) is 12.8 Å². The Labute approximate surface area is 152 Å². The molecule has 14 heteroatoms. The van der Waals surface area contributed by atoms with E-state index in [9.17, 15) is 44.7 Å². The van der Waals surface area contributed by atoms with Gasteiger partial charge in [0.25, 0.3) is 0 Å². The molecule has 0 aromatic carbocycles.